The normalized spacial score (nSPS) is 10.9. The van der Waals surface area contributed by atoms with Gasteiger partial charge in [-0.1, -0.05) is 36.4 Å². The van der Waals surface area contributed by atoms with E-state index in [2.05, 4.69) is 18.3 Å². The SMILES string of the molecule is Cc1ccccc1Nc1c(-c2ccccc2O)nc2ccccn12. The van der Waals surface area contributed by atoms with Crippen LogP contribution in [0.15, 0.2) is 72.9 Å². The van der Waals surface area contributed by atoms with E-state index in [0.29, 0.717) is 5.56 Å². The number of aromatic nitrogens is 2. The fourth-order valence-electron chi connectivity index (χ4n) is 2.82. The number of hydrogen-bond acceptors (Lipinski definition) is 3. The van der Waals surface area contributed by atoms with Crippen molar-refractivity contribution in [2.75, 3.05) is 5.32 Å². The summed E-state index contributed by atoms with van der Waals surface area (Å²) in [6, 6.07) is 21.2. The zero-order valence-electron chi connectivity index (χ0n) is 13.3. The van der Waals surface area contributed by atoms with Crippen LogP contribution < -0.4 is 5.32 Å². The van der Waals surface area contributed by atoms with E-state index >= 15 is 0 Å². The van der Waals surface area contributed by atoms with Crippen molar-refractivity contribution >= 4 is 17.2 Å². The molecule has 4 nitrogen and oxygen atoms in total. The maximum absolute atomic E-state index is 10.3. The maximum atomic E-state index is 10.3. The van der Waals surface area contributed by atoms with Crippen LogP contribution >= 0.6 is 0 Å². The molecule has 4 aromatic rings. The number of nitrogens with zero attached hydrogens (tertiary/aromatic N) is 2. The molecule has 0 aliphatic rings. The molecule has 2 heterocycles. The Hall–Kier alpha value is -3.27. The van der Waals surface area contributed by atoms with Gasteiger partial charge in [0.15, 0.2) is 0 Å². The fourth-order valence-corrected chi connectivity index (χ4v) is 2.82. The molecule has 0 atom stereocenters. The summed E-state index contributed by atoms with van der Waals surface area (Å²) in [4.78, 5) is 4.71. The molecule has 0 bridgehead atoms. The number of aromatic hydroxyl groups is 1. The Morgan fingerprint density at radius 1 is 0.917 bits per heavy atom. The first kappa shape index (κ1) is 14.3. The summed E-state index contributed by atoms with van der Waals surface area (Å²) in [6.45, 7) is 2.06. The van der Waals surface area contributed by atoms with Crippen LogP contribution in [0.2, 0.25) is 0 Å². The van der Waals surface area contributed by atoms with Crippen molar-refractivity contribution in [1.29, 1.82) is 0 Å². The van der Waals surface area contributed by atoms with E-state index in [1.165, 1.54) is 0 Å². The lowest BCUT2D eigenvalue weighted by molar-refractivity contribution is 0.477. The van der Waals surface area contributed by atoms with Crippen molar-refractivity contribution in [3.63, 3.8) is 0 Å². The molecular weight excluding hydrogens is 298 g/mol. The summed E-state index contributed by atoms with van der Waals surface area (Å²) in [5.41, 5.74) is 4.41. The number of imidazole rings is 1. The molecule has 0 amide bonds. The van der Waals surface area contributed by atoms with Crippen LogP contribution in [0.1, 0.15) is 5.56 Å². The van der Waals surface area contributed by atoms with E-state index in [-0.39, 0.29) is 5.75 Å². The molecule has 0 saturated carbocycles. The average molecular weight is 315 g/mol. The third-order valence-corrected chi connectivity index (χ3v) is 4.09. The molecular formula is C20H17N3O. The zero-order valence-corrected chi connectivity index (χ0v) is 13.3. The van der Waals surface area contributed by atoms with Crippen LogP contribution in [-0.4, -0.2) is 14.5 Å². The van der Waals surface area contributed by atoms with Crippen LogP contribution in [0.3, 0.4) is 0 Å². The summed E-state index contributed by atoms with van der Waals surface area (Å²) >= 11 is 0. The monoisotopic (exact) mass is 315 g/mol. The first-order chi connectivity index (χ1) is 11.7. The number of hydrogen-bond donors (Lipinski definition) is 2. The van der Waals surface area contributed by atoms with Gasteiger partial charge in [-0.3, -0.25) is 4.40 Å². The van der Waals surface area contributed by atoms with Crippen LogP contribution in [-0.2, 0) is 0 Å². The Morgan fingerprint density at radius 2 is 1.67 bits per heavy atom. The second-order valence-electron chi connectivity index (χ2n) is 5.69. The lowest BCUT2D eigenvalue weighted by atomic mass is 10.1. The molecule has 118 valence electrons. The summed E-state index contributed by atoms with van der Waals surface area (Å²) in [5, 5.41) is 13.7. The molecule has 4 rings (SSSR count). The van der Waals surface area contributed by atoms with Gasteiger partial charge in [-0.15, -0.1) is 0 Å². The summed E-state index contributed by atoms with van der Waals surface area (Å²) in [7, 11) is 0. The van der Waals surface area contributed by atoms with Crippen LogP contribution in [0, 0.1) is 6.92 Å². The van der Waals surface area contributed by atoms with Gasteiger partial charge in [0.2, 0.25) is 0 Å². The Morgan fingerprint density at radius 3 is 2.50 bits per heavy atom. The van der Waals surface area contributed by atoms with Gasteiger partial charge in [-0.2, -0.15) is 0 Å². The van der Waals surface area contributed by atoms with Gasteiger partial charge in [0.1, 0.15) is 22.9 Å². The van der Waals surface area contributed by atoms with Crippen LogP contribution in [0.25, 0.3) is 16.9 Å². The zero-order chi connectivity index (χ0) is 16.5. The molecule has 0 aliphatic heterocycles. The van der Waals surface area contributed by atoms with Gasteiger partial charge in [0.05, 0.1) is 0 Å². The third-order valence-electron chi connectivity index (χ3n) is 4.09. The van der Waals surface area contributed by atoms with Gasteiger partial charge in [-0.05, 0) is 42.8 Å². The standard InChI is InChI=1S/C20H17N3O/c1-14-8-2-4-10-16(14)21-20-19(15-9-3-5-11-17(15)24)22-18-12-6-7-13-23(18)20/h2-13,21,24H,1H3. The lowest BCUT2D eigenvalue weighted by Gasteiger charge is -2.11. The molecule has 0 radical (unpaired) electrons. The predicted molar refractivity (Wildman–Crippen MR) is 96.8 cm³/mol. The van der Waals surface area contributed by atoms with E-state index in [4.69, 9.17) is 4.98 Å². The van der Waals surface area contributed by atoms with E-state index in [1.54, 1.807) is 6.07 Å². The second-order valence-corrected chi connectivity index (χ2v) is 5.69. The summed E-state index contributed by atoms with van der Waals surface area (Å²) in [5.74, 6) is 1.05. The van der Waals surface area contributed by atoms with Crippen molar-refractivity contribution in [3.05, 3.63) is 78.5 Å². The van der Waals surface area contributed by atoms with E-state index in [0.717, 1.165) is 28.4 Å². The topological polar surface area (TPSA) is 49.6 Å². The number of benzene rings is 2. The van der Waals surface area contributed by atoms with Crippen LogP contribution in [0.4, 0.5) is 11.5 Å². The second kappa shape index (κ2) is 5.74. The molecule has 0 unspecified atom stereocenters. The van der Waals surface area contributed by atoms with Gasteiger partial charge < -0.3 is 10.4 Å². The van der Waals surface area contributed by atoms with E-state index in [9.17, 15) is 5.11 Å². The maximum Gasteiger partial charge on any atom is 0.143 e. The molecule has 2 aromatic carbocycles. The van der Waals surface area contributed by atoms with Crippen LogP contribution in [0.5, 0.6) is 5.75 Å². The van der Waals surface area contributed by atoms with Crippen molar-refractivity contribution < 1.29 is 5.11 Å². The number of anilines is 2. The van der Waals surface area contributed by atoms with Gasteiger partial charge in [0, 0.05) is 17.4 Å². The lowest BCUT2D eigenvalue weighted by Crippen LogP contribution is -1.98. The van der Waals surface area contributed by atoms with Crippen molar-refractivity contribution in [1.82, 2.24) is 9.38 Å². The molecule has 0 aliphatic carbocycles. The average Bonchev–Trinajstić information content (AvgIpc) is 2.96. The predicted octanol–water partition coefficient (Wildman–Crippen LogP) is 4.76. The first-order valence-electron chi connectivity index (χ1n) is 7.82. The van der Waals surface area contributed by atoms with E-state index in [1.807, 2.05) is 65.2 Å². The number of pyridine rings is 1. The Bertz CT molecular complexity index is 1020. The molecule has 0 fully saturated rings. The summed E-state index contributed by atoms with van der Waals surface area (Å²) in [6.07, 6.45) is 1.96. The number of phenols is 1. The quantitative estimate of drug-likeness (QED) is 0.573. The van der Waals surface area contributed by atoms with Gasteiger partial charge in [-0.25, -0.2) is 4.98 Å². The largest absolute Gasteiger partial charge is 0.507 e. The molecule has 0 spiro atoms. The molecule has 4 heteroatoms. The highest BCUT2D eigenvalue weighted by atomic mass is 16.3. The highest BCUT2D eigenvalue weighted by Gasteiger charge is 2.17. The molecule has 0 saturated heterocycles. The van der Waals surface area contributed by atoms with E-state index < -0.39 is 0 Å². The minimum atomic E-state index is 0.216. The van der Waals surface area contributed by atoms with Crippen molar-refractivity contribution in [3.8, 4) is 17.0 Å². The Balaban J connectivity index is 1.94. The highest BCUT2D eigenvalue weighted by molar-refractivity contribution is 5.82. The molecule has 24 heavy (non-hydrogen) atoms. The number of phenolic OH excluding ortho intramolecular Hbond substituents is 1. The third kappa shape index (κ3) is 2.38. The number of rotatable bonds is 3. The highest BCUT2D eigenvalue weighted by Crippen LogP contribution is 2.36. The smallest absolute Gasteiger partial charge is 0.143 e. The first-order valence-corrected chi connectivity index (χ1v) is 7.82. The Kier molecular flexibility index (Phi) is 3.43. The van der Waals surface area contributed by atoms with Gasteiger partial charge in [0.25, 0.3) is 0 Å². The fraction of sp³-hybridized carbons (Fsp3) is 0.0500. The Labute approximate surface area is 140 Å². The van der Waals surface area contributed by atoms with Gasteiger partial charge >= 0.3 is 0 Å². The summed E-state index contributed by atoms with van der Waals surface area (Å²) < 4.78 is 1.99. The molecule has 2 N–H and O–H groups in total. The minimum absolute atomic E-state index is 0.216. The number of para-hydroxylation sites is 2. The minimum Gasteiger partial charge on any atom is -0.507 e. The number of fused-ring (bicyclic) bond motifs is 1. The van der Waals surface area contributed by atoms with Crippen molar-refractivity contribution in [2.45, 2.75) is 6.92 Å². The number of aryl methyl sites for hydroxylation is 1. The number of nitrogens with one attached hydrogen (secondary N) is 1. The van der Waals surface area contributed by atoms with Crippen molar-refractivity contribution in [2.24, 2.45) is 0 Å². The molecule has 2 aromatic heterocycles.